The number of nitrogens with zero attached hydrogens (tertiary/aromatic N) is 1. The van der Waals surface area contributed by atoms with E-state index in [1.54, 1.807) is 14.1 Å². The Kier molecular flexibility index (Phi) is 7.79. The third kappa shape index (κ3) is 5.14. The second-order valence-electron chi connectivity index (χ2n) is 4.21. The molecule has 1 aromatic carbocycles. The second kappa shape index (κ2) is 8.50. The predicted octanol–water partition coefficient (Wildman–Crippen LogP) is 1.50. The summed E-state index contributed by atoms with van der Waals surface area (Å²) in [4.78, 5) is 24.4. The van der Waals surface area contributed by atoms with Crippen molar-refractivity contribution in [3.05, 3.63) is 29.6 Å². The lowest BCUT2D eigenvalue weighted by atomic mass is 10.1. The minimum absolute atomic E-state index is 0. The van der Waals surface area contributed by atoms with Crippen LogP contribution in [-0.2, 0) is 4.79 Å². The molecule has 1 rings (SSSR count). The van der Waals surface area contributed by atoms with Crippen LogP contribution in [0.15, 0.2) is 18.2 Å². The molecule has 1 aromatic rings. The van der Waals surface area contributed by atoms with E-state index in [1.165, 1.54) is 30.0 Å². The zero-order valence-corrected chi connectivity index (χ0v) is 12.5. The maximum Gasteiger partial charge on any atom is 0.256 e. The van der Waals surface area contributed by atoms with Crippen molar-refractivity contribution in [1.29, 1.82) is 0 Å². The maximum absolute atomic E-state index is 13.7. The van der Waals surface area contributed by atoms with Gasteiger partial charge in [-0.15, -0.1) is 12.4 Å². The average molecular weight is 304 g/mol. The van der Waals surface area contributed by atoms with Crippen molar-refractivity contribution >= 4 is 29.9 Å². The second-order valence-corrected chi connectivity index (χ2v) is 4.21. The van der Waals surface area contributed by atoms with Crippen molar-refractivity contribution in [3.63, 3.8) is 0 Å². The molecule has 0 saturated carbocycles. The van der Waals surface area contributed by atoms with Crippen LogP contribution in [0.4, 0.5) is 10.1 Å². The highest BCUT2D eigenvalue weighted by atomic mass is 35.5. The van der Waals surface area contributed by atoms with Crippen LogP contribution in [0.5, 0.6) is 0 Å². The zero-order chi connectivity index (χ0) is 14.4. The molecule has 2 N–H and O–H groups in total. The molecule has 0 saturated heterocycles. The number of hydrogen-bond acceptors (Lipinski definition) is 3. The molecule has 0 unspecified atom stereocenters. The van der Waals surface area contributed by atoms with Gasteiger partial charge in [0.2, 0.25) is 5.91 Å². The molecule has 112 valence electrons. The number of nitrogens with one attached hydrogen (secondary N) is 2. The average Bonchev–Trinajstić information content (AvgIpc) is 2.36. The van der Waals surface area contributed by atoms with E-state index in [2.05, 4.69) is 10.6 Å². The number of halogens is 2. The Labute approximate surface area is 123 Å². The fourth-order valence-corrected chi connectivity index (χ4v) is 1.56. The number of rotatable bonds is 5. The van der Waals surface area contributed by atoms with Crippen LogP contribution < -0.4 is 10.6 Å². The molecule has 20 heavy (non-hydrogen) atoms. The van der Waals surface area contributed by atoms with E-state index in [9.17, 15) is 14.0 Å². The molecule has 0 fully saturated rings. The fourth-order valence-electron chi connectivity index (χ4n) is 1.56. The summed E-state index contributed by atoms with van der Waals surface area (Å²) in [6.07, 6.45) is 0. The normalized spacial score (nSPS) is 9.60. The quantitative estimate of drug-likeness (QED) is 0.866. The molecule has 0 spiro atoms. The molecule has 0 aromatic heterocycles. The first kappa shape index (κ1) is 18.3. The van der Waals surface area contributed by atoms with Gasteiger partial charge in [0.1, 0.15) is 5.82 Å². The van der Waals surface area contributed by atoms with Crippen molar-refractivity contribution in [2.75, 3.05) is 32.5 Å². The highest BCUT2D eigenvalue weighted by molar-refractivity contribution is 5.96. The van der Waals surface area contributed by atoms with Gasteiger partial charge in [0, 0.05) is 32.7 Å². The van der Waals surface area contributed by atoms with Crippen molar-refractivity contribution in [2.24, 2.45) is 0 Å². The Hall–Kier alpha value is -1.66. The molecule has 0 aliphatic carbocycles. The molecule has 7 heteroatoms. The largest absolute Gasteiger partial charge is 0.340 e. The highest BCUT2D eigenvalue weighted by Crippen LogP contribution is 2.16. The molecule has 0 radical (unpaired) electrons. The lowest BCUT2D eigenvalue weighted by Crippen LogP contribution is -2.33. The van der Waals surface area contributed by atoms with Crippen LogP contribution in [0.1, 0.15) is 17.3 Å². The van der Waals surface area contributed by atoms with E-state index >= 15 is 0 Å². The SMILES string of the molecule is CNCCN(C)C(=O)c1cc(NC(C)=O)ccc1F.Cl. The number of amides is 2. The summed E-state index contributed by atoms with van der Waals surface area (Å²) in [6.45, 7) is 2.44. The maximum atomic E-state index is 13.7. The summed E-state index contributed by atoms with van der Waals surface area (Å²) in [5, 5.41) is 5.43. The number of anilines is 1. The van der Waals surface area contributed by atoms with E-state index in [-0.39, 0.29) is 23.9 Å². The van der Waals surface area contributed by atoms with Crippen LogP contribution in [0, 0.1) is 5.82 Å². The van der Waals surface area contributed by atoms with Gasteiger partial charge >= 0.3 is 0 Å². The summed E-state index contributed by atoms with van der Waals surface area (Å²) in [7, 11) is 3.38. The van der Waals surface area contributed by atoms with Gasteiger partial charge in [0.15, 0.2) is 0 Å². The molecule has 0 heterocycles. The number of carbonyl (C=O) groups excluding carboxylic acids is 2. The molecule has 2 amide bonds. The minimum atomic E-state index is -0.601. The third-order valence-corrected chi connectivity index (χ3v) is 2.56. The molecular weight excluding hydrogens is 285 g/mol. The number of hydrogen-bond donors (Lipinski definition) is 2. The van der Waals surface area contributed by atoms with Crippen LogP contribution in [0.2, 0.25) is 0 Å². The number of benzene rings is 1. The van der Waals surface area contributed by atoms with Gasteiger partial charge in [-0.1, -0.05) is 0 Å². The van der Waals surface area contributed by atoms with Crippen molar-refractivity contribution < 1.29 is 14.0 Å². The molecule has 0 aliphatic rings. The van der Waals surface area contributed by atoms with Crippen LogP contribution in [-0.4, -0.2) is 43.9 Å². The summed E-state index contributed by atoms with van der Waals surface area (Å²) in [5.74, 6) is -1.29. The van der Waals surface area contributed by atoms with E-state index in [0.29, 0.717) is 18.8 Å². The lowest BCUT2D eigenvalue weighted by molar-refractivity contribution is -0.114. The third-order valence-electron chi connectivity index (χ3n) is 2.56. The predicted molar refractivity (Wildman–Crippen MR) is 78.8 cm³/mol. The molecule has 0 bridgehead atoms. The molecule has 0 atom stereocenters. The number of carbonyl (C=O) groups is 2. The van der Waals surface area contributed by atoms with Crippen molar-refractivity contribution in [1.82, 2.24) is 10.2 Å². The first-order chi connectivity index (χ1) is 8.95. The van der Waals surface area contributed by atoms with Gasteiger partial charge in [-0.3, -0.25) is 9.59 Å². The highest BCUT2D eigenvalue weighted by Gasteiger charge is 2.16. The Morgan fingerprint density at radius 3 is 2.55 bits per heavy atom. The summed E-state index contributed by atoms with van der Waals surface area (Å²) >= 11 is 0. The first-order valence-electron chi connectivity index (χ1n) is 5.93. The fraction of sp³-hybridized carbons (Fsp3) is 0.385. The smallest absolute Gasteiger partial charge is 0.256 e. The summed E-state index contributed by atoms with van der Waals surface area (Å²) in [5.41, 5.74) is 0.351. The first-order valence-corrected chi connectivity index (χ1v) is 5.93. The van der Waals surface area contributed by atoms with Crippen LogP contribution >= 0.6 is 12.4 Å². The van der Waals surface area contributed by atoms with Gasteiger partial charge in [0.25, 0.3) is 5.91 Å². The molecule has 5 nitrogen and oxygen atoms in total. The minimum Gasteiger partial charge on any atom is -0.340 e. The Morgan fingerprint density at radius 2 is 2.00 bits per heavy atom. The van der Waals surface area contributed by atoms with Gasteiger partial charge < -0.3 is 15.5 Å². The van der Waals surface area contributed by atoms with E-state index in [0.717, 1.165) is 0 Å². The van der Waals surface area contributed by atoms with E-state index in [1.807, 2.05) is 0 Å². The summed E-state index contributed by atoms with van der Waals surface area (Å²) < 4.78 is 13.7. The van der Waals surface area contributed by atoms with Crippen LogP contribution in [0.25, 0.3) is 0 Å². The Morgan fingerprint density at radius 1 is 1.35 bits per heavy atom. The Balaban J connectivity index is 0.00000361. The topological polar surface area (TPSA) is 61.4 Å². The van der Waals surface area contributed by atoms with Gasteiger partial charge in [-0.25, -0.2) is 4.39 Å². The summed E-state index contributed by atoms with van der Waals surface area (Å²) in [6, 6.07) is 3.93. The molecular formula is C13H19ClFN3O2. The Bertz CT molecular complexity index is 483. The standard InChI is InChI=1S/C13H18FN3O2.ClH/c1-9(18)16-10-4-5-12(14)11(8-10)13(19)17(3)7-6-15-2;/h4-5,8,15H,6-7H2,1-3H3,(H,16,18);1H. The van der Waals surface area contributed by atoms with Gasteiger partial charge in [-0.05, 0) is 25.2 Å². The van der Waals surface area contributed by atoms with E-state index < -0.39 is 11.7 Å². The van der Waals surface area contributed by atoms with Gasteiger partial charge in [-0.2, -0.15) is 0 Å². The van der Waals surface area contributed by atoms with E-state index in [4.69, 9.17) is 0 Å². The van der Waals surface area contributed by atoms with Gasteiger partial charge in [0.05, 0.1) is 5.56 Å². The number of likely N-dealkylation sites (N-methyl/N-ethyl adjacent to an activating group) is 2. The van der Waals surface area contributed by atoms with Crippen LogP contribution in [0.3, 0.4) is 0 Å². The van der Waals surface area contributed by atoms with Crippen molar-refractivity contribution in [3.8, 4) is 0 Å². The lowest BCUT2D eigenvalue weighted by Gasteiger charge is -2.17. The zero-order valence-electron chi connectivity index (χ0n) is 11.7. The molecule has 0 aliphatic heterocycles. The van der Waals surface area contributed by atoms with Crippen molar-refractivity contribution in [2.45, 2.75) is 6.92 Å². The monoisotopic (exact) mass is 303 g/mol.